The lowest BCUT2D eigenvalue weighted by Gasteiger charge is -2.21. The molecular formula is C15H21NO5S. The van der Waals surface area contributed by atoms with Crippen molar-refractivity contribution < 1.29 is 22.7 Å². The number of rotatable bonds is 6. The van der Waals surface area contributed by atoms with Crippen LogP contribution in [-0.2, 0) is 24.3 Å². The average Bonchev–Trinajstić information content (AvgIpc) is 2.99. The number of nitrogens with one attached hydrogen (secondary N) is 1. The zero-order valence-electron chi connectivity index (χ0n) is 12.7. The number of sulfonamides is 1. The van der Waals surface area contributed by atoms with Gasteiger partial charge in [0.05, 0.1) is 18.1 Å². The third-order valence-electron chi connectivity index (χ3n) is 3.59. The van der Waals surface area contributed by atoms with Crippen LogP contribution in [0.5, 0.6) is 0 Å². The number of esters is 1. The quantitative estimate of drug-likeness (QED) is 0.795. The van der Waals surface area contributed by atoms with Gasteiger partial charge >= 0.3 is 5.97 Å². The molecule has 0 amide bonds. The molecule has 6 nitrogen and oxygen atoms in total. The minimum absolute atomic E-state index is 0.131. The highest BCUT2D eigenvalue weighted by molar-refractivity contribution is 7.89. The molecule has 2 rings (SSSR count). The summed E-state index contributed by atoms with van der Waals surface area (Å²) in [6.45, 7) is 4.64. The third kappa shape index (κ3) is 4.06. The molecule has 22 heavy (non-hydrogen) atoms. The number of ether oxygens (including phenoxy) is 2. The SMILES string of the molecule is CCOC(=O)C(NS(=O)(=O)c1ccc(C)cc1)[C@@H]1CCOC1. The number of hydrogen-bond acceptors (Lipinski definition) is 5. The molecule has 1 fully saturated rings. The van der Waals surface area contributed by atoms with Gasteiger partial charge in [-0.3, -0.25) is 4.79 Å². The van der Waals surface area contributed by atoms with Crippen molar-refractivity contribution in [1.82, 2.24) is 4.72 Å². The fraction of sp³-hybridized carbons (Fsp3) is 0.533. The molecule has 1 unspecified atom stereocenters. The Labute approximate surface area is 130 Å². The first-order chi connectivity index (χ1) is 10.4. The van der Waals surface area contributed by atoms with Crippen LogP contribution in [0.15, 0.2) is 29.2 Å². The summed E-state index contributed by atoms with van der Waals surface area (Å²) < 4.78 is 37.6. The van der Waals surface area contributed by atoms with Gasteiger partial charge in [-0.2, -0.15) is 4.72 Å². The van der Waals surface area contributed by atoms with Crippen molar-refractivity contribution >= 4 is 16.0 Å². The van der Waals surface area contributed by atoms with Gasteiger partial charge in [0, 0.05) is 12.5 Å². The van der Waals surface area contributed by atoms with E-state index in [0.717, 1.165) is 5.56 Å². The van der Waals surface area contributed by atoms with Gasteiger partial charge in [-0.1, -0.05) is 17.7 Å². The van der Waals surface area contributed by atoms with Crippen molar-refractivity contribution in [2.45, 2.75) is 31.2 Å². The van der Waals surface area contributed by atoms with Crippen molar-refractivity contribution in [1.29, 1.82) is 0 Å². The molecule has 0 spiro atoms. The molecule has 0 saturated carbocycles. The Morgan fingerprint density at radius 3 is 2.64 bits per heavy atom. The highest BCUT2D eigenvalue weighted by Crippen LogP contribution is 2.20. The first-order valence-corrected chi connectivity index (χ1v) is 8.75. The first-order valence-electron chi connectivity index (χ1n) is 7.27. The van der Waals surface area contributed by atoms with Crippen LogP contribution in [0.2, 0.25) is 0 Å². The van der Waals surface area contributed by atoms with E-state index in [1.807, 2.05) is 6.92 Å². The summed E-state index contributed by atoms with van der Waals surface area (Å²) in [4.78, 5) is 12.2. The third-order valence-corrected chi connectivity index (χ3v) is 5.05. The molecule has 0 bridgehead atoms. The molecule has 0 aliphatic carbocycles. The lowest BCUT2D eigenvalue weighted by Crippen LogP contribution is -2.47. The average molecular weight is 327 g/mol. The zero-order chi connectivity index (χ0) is 16.2. The minimum Gasteiger partial charge on any atom is -0.465 e. The second-order valence-electron chi connectivity index (χ2n) is 5.29. The van der Waals surface area contributed by atoms with Gasteiger partial charge in [-0.05, 0) is 32.4 Å². The Hall–Kier alpha value is -1.44. The Morgan fingerprint density at radius 1 is 1.41 bits per heavy atom. The van der Waals surface area contributed by atoms with E-state index >= 15 is 0 Å². The van der Waals surface area contributed by atoms with E-state index in [9.17, 15) is 13.2 Å². The number of hydrogen-bond donors (Lipinski definition) is 1. The molecule has 1 N–H and O–H groups in total. The van der Waals surface area contributed by atoms with Gasteiger partial charge in [0.15, 0.2) is 0 Å². The van der Waals surface area contributed by atoms with E-state index in [4.69, 9.17) is 9.47 Å². The Bertz CT molecular complexity index is 605. The smallest absolute Gasteiger partial charge is 0.324 e. The van der Waals surface area contributed by atoms with Gasteiger partial charge in [0.2, 0.25) is 10.0 Å². The maximum absolute atomic E-state index is 12.5. The number of benzene rings is 1. The summed E-state index contributed by atoms with van der Waals surface area (Å²) in [7, 11) is -3.78. The van der Waals surface area contributed by atoms with Crippen molar-refractivity contribution in [3.05, 3.63) is 29.8 Å². The van der Waals surface area contributed by atoms with Gasteiger partial charge in [0.25, 0.3) is 0 Å². The van der Waals surface area contributed by atoms with E-state index in [2.05, 4.69) is 4.72 Å². The molecule has 1 heterocycles. The standard InChI is InChI=1S/C15H21NO5S/c1-3-21-15(17)14(12-8-9-20-10-12)16-22(18,19)13-6-4-11(2)5-7-13/h4-7,12,14,16H,3,8-10H2,1-2H3/t12-,14?/m1/s1. The summed E-state index contributed by atoms with van der Waals surface area (Å²) in [5.74, 6) is -0.770. The van der Waals surface area contributed by atoms with Gasteiger partial charge in [-0.15, -0.1) is 0 Å². The van der Waals surface area contributed by atoms with Gasteiger partial charge < -0.3 is 9.47 Å². The predicted octanol–water partition coefficient (Wildman–Crippen LogP) is 1.24. The topological polar surface area (TPSA) is 81.7 Å². The predicted molar refractivity (Wildman–Crippen MR) is 80.8 cm³/mol. The number of aryl methyl sites for hydroxylation is 1. The highest BCUT2D eigenvalue weighted by atomic mass is 32.2. The normalized spacial score (nSPS) is 19.8. The maximum Gasteiger partial charge on any atom is 0.324 e. The van der Waals surface area contributed by atoms with Gasteiger partial charge in [-0.25, -0.2) is 8.42 Å². The largest absolute Gasteiger partial charge is 0.465 e. The molecule has 7 heteroatoms. The van der Waals surface area contributed by atoms with Crippen LogP contribution in [0.4, 0.5) is 0 Å². The van der Waals surface area contributed by atoms with Gasteiger partial charge in [0.1, 0.15) is 6.04 Å². The van der Waals surface area contributed by atoms with E-state index in [0.29, 0.717) is 19.6 Å². The maximum atomic E-state index is 12.5. The van der Waals surface area contributed by atoms with Crippen molar-refractivity contribution in [3.63, 3.8) is 0 Å². The summed E-state index contributed by atoms with van der Waals surface area (Å²) in [6, 6.07) is 5.55. The molecule has 1 aliphatic heterocycles. The molecule has 1 saturated heterocycles. The molecule has 1 aromatic carbocycles. The van der Waals surface area contributed by atoms with Crippen LogP contribution >= 0.6 is 0 Å². The summed E-state index contributed by atoms with van der Waals surface area (Å²) in [6.07, 6.45) is 0.625. The summed E-state index contributed by atoms with van der Waals surface area (Å²) >= 11 is 0. The molecule has 0 radical (unpaired) electrons. The van der Waals surface area contributed by atoms with Crippen molar-refractivity contribution in [2.75, 3.05) is 19.8 Å². The highest BCUT2D eigenvalue weighted by Gasteiger charge is 2.36. The van der Waals surface area contributed by atoms with Crippen LogP contribution in [0.25, 0.3) is 0 Å². The second kappa shape index (κ2) is 7.21. The summed E-state index contributed by atoms with van der Waals surface area (Å²) in [5, 5.41) is 0. The Balaban J connectivity index is 2.21. The zero-order valence-corrected chi connectivity index (χ0v) is 13.6. The van der Waals surface area contributed by atoms with E-state index < -0.39 is 22.0 Å². The van der Waals surface area contributed by atoms with Crippen LogP contribution in [0.3, 0.4) is 0 Å². The minimum atomic E-state index is -3.78. The van der Waals surface area contributed by atoms with E-state index in [-0.39, 0.29) is 17.4 Å². The molecule has 0 aromatic heterocycles. The van der Waals surface area contributed by atoms with Crippen LogP contribution in [-0.4, -0.2) is 40.2 Å². The fourth-order valence-electron chi connectivity index (χ4n) is 2.34. The molecule has 1 aromatic rings. The summed E-state index contributed by atoms with van der Waals surface area (Å²) in [5.41, 5.74) is 0.963. The van der Waals surface area contributed by atoms with Crippen LogP contribution in [0, 0.1) is 12.8 Å². The van der Waals surface area contributed by atoms with Crippen LogP contribution in [0.1, 0.15) is 18.9 Å². The van der Waals surface area contributed by atoms with E-state index in [1.54, 1.807) is 19.1 Å². The molecular weight excluding hydrogens is 306 g/mol. The lowest BCUT2D eigenvalue weighted by molar-refractivity contribution is -0.146. The van der Waals surface area contributed by atoms with Crippen LogP contribution < -0.4 is 4.72 Å². The number of carbonyl (C=O) groups excluding carboxylic acids is 1. The van der Waals surface area contributed by atoms with Crippen molar-refractivity contribution in [3.8, 4) is 0 Å². The van der Waals surface area contributed by atoms with E-state index in [1.165, 1.54) is 12.1 Å². The first kappa shape index (κ1) is 16.9. The Kier molecular flexibility index (Phi) is 5.55. The molecule has 122 valence electrons. The van der Waals surface area contributed by atoms with Crippen molar-refractivity contribution in [2.24, 2.45) is 5.92 Å². The molecule has 2 atom stereocenters. The second-order valence-corrected chi connectivity index (χ2v) is 7.00. The lowest BCUT2D eigenvalue weighted by atomic mass is 10.0. The Morgan fingerprint density at radius 2 is 2.09 bits per heavy atom. The number of carbonyl (C=O) groups is 1. The molecule has 1 aliphatic rings. The monoisotopic (exact) mass is 327 g/mol. The fourth-order valence-corrected chi connectivity index (χ4v) is 3.59.